The van der Waals surface area contributed by atoms with Gasteiger partial charge < -0.3 is 5.32 Å². The molecule has 2 aromatic rings. The zero-order valence-corrected chi connectivity index (χ0v) is 12.8. The highest BCUT2D eigenvalue weighted by atomic mass is 79.9. The molecular formula is C15H12BrClFNO. The molecule has 0 saturated heterocycles. The summed E-state index contributed by atoms with van der Waals surface area (Å²) >= 11 is 9.24. The second kappa shape index (κ2) is 6.86. The molecule has 2 rings (SSSR count). The van der Waals surface area contributed by atoms with Crippen LogP contribution in [0.2, 0.25) is 0 Å². The van der Waals surface area contributed by atoms with Crippen molar-refractivity contribution in [1.82, 2.24) is 5.32 Å². The lowest BCUT2D eigenvalue weighted by atomic mass is 10.1. The molecule has 0 fully saturated rings. The maximum absolute atomic E-state index is 13.4. The third-order valence-corrected chi connectivity index (χ3v) is 3.83. The number of carbonyl (C=O) groups excluding carboxylic acids is 1. The molecule has 0 spiro atoms. The molecule has 2 aromatic carbocycles. The molecular weight excluding hydrogens is 345 g/mol. The van der Waals surface area contributed by atoms with Gasteiger partial charge in [0, 0.05) is 12.1 Å². The Morgan fingerprint density at radius 2 is 1.95 bits per heavy atom. The van der Waals surface area contributed by atoms with Gasteiger partial charge in [-0.25, -0.2) is 4.39 Å². The largest absolute Gasteiger partial charge is 0.350 e. The van der Waals surface area contributed by atoms with E-state index >= 15 is 0 Å². The number of alkyl halides is 1. The Labute approximate surface area is 130 Å². The van der Waals surface area contributed by atoms with E-state index in [4.69, 9.17) is 11.6 Å². The maximum Gasteiger partial charge on any atom is 0.251 e. The highest BCUT2D eigenvalue weighted by Gasteiger charge is 2.12. The summed E-state index contributed by atoms with van der Waals surface area (Å²) < 4.78 is 13.7. The van der Waals surface area contributed by atoms with Crippen molar-refractivity contribution in [2.75, 3.05) is 6.54 Å². The van der Waals surface area contributed by atoms with E-state index in [1.54, 1.807) is 6.07 Å². The predicted molar refractivity (Wildman–Crippen MR) is 81.5 cm³/mol. The van der Waals surface area contributed by atoms with Crippen molar-refractivity contribution in [2.45, 2.75) is 5.38 Å². The van der Waals surface area contributed by atoms with E-state index in [-0.39, 0.29) is 23.4 Å². The average Bonchev–Trinajstić information content (AvgIpc) is 2.48. The number of hydrogen-bond donors (Lipinski definition) is 1. The van der Waals surface area contributed by atoms with E-state index in [1.807, 2.05) is 30.3 Å². The second-order valence-corrected chi connectivity index (χ2v) is 5.60. The van der Waals surface area contributed by atoms with Crippen LogP contribution in [0, 0.1) is 5.82 Å². The van der Waals surface area contributed by atoms with Crippen molar-refractivity contribution in [3.63, 3.8) is 0 Å². The molecule has 0 saturated carbocycles. The molecule has 1 unspecified atom stereocenters. The Hall–Kier alpha value is -1.39. The van der Waals surface area contributed by atoms with Gasteiger partial charge in [0.1, 0.15) is 5.82 Å². The van der Waals surface area contributed by atoms with Crippen molar-refractivity contribution in [2.24, 2.45) is 0 Å². The first-order valence-electron chi connectivity index (χ1n) is 6.00. The van der Waals surface area contributed by atoms with Crippen LogP contribution in [0.15, 0.2) is 53.0 Å². The first-order chi connectivity index (χ1) is 9.58. The van der Waals surface area contributed by atoms with Crippen LogP contribution >= 0.6 is 27.5 Å². The van der Waals surface area contributed by atoms with E-state index in [9.17, 15) is 9.18 Å². The van der Waals surface area contributed by atoms with Crippen LogP contribution in [0.4, 0.5) is 4.39 Å². The van der Waals surface area contributed by atoms with Gasteiger partial charge in [0.15, 0.2) is 0 Å². The highest BCUT2D eigenvalue weighted by molar-refractivity contribution is 9.10. The van der Waals surface area contributed by atoms with Gasteiger partial charge in [0.2, 0.25) is 0 Å². The highest BCUT2D eigenvalue weighted by Crippen LogP contribution is 2.19. The Kier molecular flexibility index (Phi) is 5.15. The summed E-state index contributed by atoms with van der Waals surface area (Å²) in [6, 6.07) is 13.7. The number of halogens is 3. The number of nitrogens with one attached hydrogen (secondary N) is 1. The van der Waals surface area contributed by atoms with Crippen molar-refractivity contribution < 1.29 is 9.18 Å². The van der Waals surface area contributed by atoms with Crippen molar-refractivity contribution >= 4 is 33.4 Å². The fraction of sp³-hybridized carbons (Fsp3) is 0.133. The van der Waals surface area contributed by atoms with Crippen LogP contribution in [0.25, 0.3) is 0 Å². The first-order valence-corrected chi connectivity index (χ1v) is 7.23. The van der Waals surface area contributed by atoms with Crippen LogP contribution < -0.4 is 5.32 Å². The van der Waals surface area contributed by atoms with Gasteiger partial charge in [-0.1, -0.05) is 30.3 Å². The van der Waals surface area contributed by atoms with Crippen molar-refractivity contribution in [1.29, 1.82) is 0 Å². The third kappa shape index (κ3) is 3.81. The van der Waals surface area contributed by atoms with Gasteiger partial charge in [-0.3, -0.25) is 4.79 Å². The molecule has 0 bridgehead atoms. The zero-order valence-electron chi connectivity index (χ0n) is 10.4. The van der Waals surface area contributed by atoms with Crippen LogP contribution in [-0.4, -0.2) is 12.5 Å². The molecule has 0 aliphatic rings. The number of rotatable bonds is 4. The minimum atomic E-state index is -0.469. The summed E-state index contributed by atoms with van der Waals surface area (Å²) in [6.45, 7) is 0.280. The number of hydrogen-bond acceptors (Lipinski definition) is 1. The fourth-order valence-corrected chi connectivity index (χ4v) is 2.17. The van der Waals surface area contributed by atoms with Gasteiger partial charge in [0.05, 0.1) is 9.85 Å². The van der Waals surface area contributed by atoms with E-state index in [2.05, 4.69) is 21.2 Å². The quantitative estimate of drug-likeness (QED) is 0.813. The van der Waals surface area contributed by atoms with Gasteiger partial charge >= 0.3 is 0 Å². The van der Waals surface area contributed by atoms with Gasteiger partial charge in [0.25, 0.3) is 5.91 Å². The van der Waals surface area contributed by atoms with Gasteiger partial charge in [-0.15, -0.1) is 11.6 Å². The van der Waals surface area contributed by atoms with Crippen molar-refractivity contribution in [3.8, 4) is 0 Å². The first kappa shape index (κ1) is 15.0. The van der Waals surface area contributed by atoms with E-state index < -0.39 is 5.82 Å². The molecule has 104 valence electrons. The maximum atomic E-state index is 13.4. The molecule has 1 N–H and O–H groups in total. The Morgan fingerprint density at radius 1 is 1.25 bits per heavy atom. The molecule has 0 aliphatic carbocycles. The molecule has 0 heterocycles. The molecule has 20 heavy (non-hydrogen) atoms. The van der Waals surface area contributed by atoms with Crippen LogP contribution in [0.5, 0.6) is 0 Å². The monoisotopic (exact) mass is 355 g/mol. The molecule has 2 nitrogen and oxygen atoms in total. The average molecular weight is 357 g/mol. The summed E-state index contributed by atoms with van der Waals surface area (Å²) in [4.78, 5) is 11.9. The van der Waals surface area contributed by atoms with Crippen molar-refractivity contribution in [3.05, 3.63) is 69.9 Å². The lowest BCUT2D eigenvalue weighted by Crippen LogP contribution is -2.26. The standard InChI is InChI=1S/C15H12BrClFNO/c16-12-7-6-11(8-14(12)18)15(20)19-9-13(17)10-4-2-1-3-5-10/h1-8,13H,9H2,(H,19,20). The van der Waals surface area contributed by atoms with E-state index in [0.29, 0.717) is 4.47 Å². The van der Waals surface area contributed by atoms with Crippen LogP contribution in [0.3, 0.4) is 0 Å². The number of carbonyl (C=O) groups is 1. The predicted octanol–water partition coefficient (Wildman–Crippen LogP) is 4.30. The second-order valence-electron chi connectivity index (χ2n) is 4.22. The Balaban J connectivity index is 1.97. The molecule has 1 atom stereocenters. The molecule has 5 heteroatoms. The smallest absolute Gasteiger partial charge is 0.251 e. The van der Waals surface area contributed by atoms with Crippen LogP contribution in [0.1, 0.15) is 21.3 Å². The summed E-state index contributed by atoms with van der Waals surface area (Å²) in [5.74, 6) is -0.818. The fourth-order valence-electron chi connectivity index (χ4n) is 1.70. The van der Waals surface area contributed by atoms with E-state index in [1.165, 1.54) is 12.1 Å². The minimum absolute atomic E-state index is 0.266. The SMILES string of the molecule is O=C(NCC(Cl)c1ccccc1)c1ccc(Br)c(F)c1. The lowest BCUT2D eigenvalue weighted by Gasteiger charge is -2.11. The third-order valence-electron chi connectivity index (χ3n) is 2.78. The summed E-state index contributed by atoms with van der Waals surface area (Å²) in [7, 11) is 0. The number of benzene rings is 2. The Morgan fingerprint density at radius 3 is 2.60 bits per heavy atom. The summed E-state index contributed by atoms with van der Waals surface area (Å²) in [6.07, 6.45) is 0. The zero-order chi connectivity index (χ0) is 14.5. The molecule has 0 radical (unpaired) electrons. The lowest BCUT2D eigenvalue weighted by molar-refractivity contribution is 0.0953. The normalized spacial score (nSPS) is 11.9. The summed E-state index contributed by atoms with van der Waals surface area (Å²) in [5, 5.41) is 2.37. The minimum Gasteiger partial charge on any atom is -0.350 e. The number of amides is 1. The summed E-state index contributed by atoms with van der Waals surface area (Å²) in [5.41, 5.74) is 1.19. The van der Waals surface area contributed by atoms with Crippen LogP contribution in [-0.2, 0) is 0 Å². The van der Waals surface area contributed by atoms with E-state index in [0.717, 1.165) is 5.56 Å². The molecule has 0 aromatic heterocycles. The topological polar surface area (TPSA) is 29.1 Å². The molecule has 1 amide bonds. The molecule has 0 aliphatic heterocycles. The Bertz CT molecular complexity index is 606. The van der Waals surface area contributed by atoms with Gasteiger partial charge in [-0.2, -0.15) is 0 Å². The van der Waals surface area contributed by atoms with Gasteiger partial charge in [-0.05, 0) is 39.7 Å².